The van der Waals surface area contributed by atoms with Crippen molar-refractivity contribution in [2.24, 2.45) is 0 Å². The van der Waals surface area contributed by atoms with Crippen molar-refractivity contribution in [2.45, 2.75) is 34.1 Å². The first kappa shape index (κ1) is 41.4. The normalized spacial score (nSPS) is 11.8. The van der Waals surface area contributed by atoms with Gasteiger partial charge in [-0.3, -0.25) is 0 Å². The van der Waals surface area contributed by atoms with Crippen LogP contribution in [0.2, 0.25) is 0 Å². The lowest BCUT2D eigenvalue weighted by atomic mass is 9.98. The van der Waals surface area contributed by atoms with Crippen molar-refractivity contribution in [1.82, 2.24) is 9.13 Å². The number of nitrogens with zero attached hydrogens (tertiary/aromatic N) is 2. The summed E-state index contributed by atoms with van der Waals surface area (Å²) in [5, 5.41) is 11.5. The van der Waals surface area contributed by atoms with Crippen LogP contribution in [0.3, 0.4) is 0 Å². The van der Waals surface area contributed by atoms with Crippen molar-refractivity contribution in [3.63, 3.8) is 0 Å². The average Bonchev–Trinajstić information content (AvgIpc) is 4.23. The fraction of sp³-hybridized carbons (Fsp3) is 0.0769. The van der Waals surface area contributed by atoms with Gasteiger partial charge in [-0.25, -0.2) is 0 Å². The molecule has 0 bridgehead atoms. The second kappa shape index (κ2) is 16.5. The predicted molar refractivity (Wildman–Crippen MR) is 295 cm³/mol. The van der Waals surface area contributed by atoms with E-state index in [0.717, 1.165) is 99.4 Å². The molecule has 0 spiro atoms. The second-order valence-corrected chi connectivity index (χ2v) is 18.0. The zero-order valence-corrected chi connectivity index (χ0v) is 39.5. The van der Waals surface area contributed by atoms with Crippen LogP contribution in [0.1, 0.15) is 34.1 Å². The van der Waals surface area contributed by atoms with Crippen LogP contribution in [0.4, 0.5) is 0 Å². The standard InChI is InChI=1S/C60H34N2O3.C3H8.C2H6/c1-5-13-51-41(9-1)42-10-2-6-14-52(42)61(51)39-21-27-59-49(33-39)47-31-37(19-25-57(47)64-59)35-17-23-55-45(29-35)46-30-36(18-24-56(46)63-55)38-20-26-58-48(32-38)50-34-40(22-28-60(50)65-58)62-53-15-7-3-11-43(53)44-12-4-8-16-54(44)62;1-3-2;1-2/h1-34H;3H2,1-2H3;1-2H3. The predicted octanol–water partition coefficient (Wildman–Crippen LogP) is 19.4. The van der Waals surface area contributed by atoms with Crippen LogP contribution in [-0.4, -0.2) is 9.13 Å². The lowest BCUT2D eigenvalue weighted by Gasteiger charge is -2.08. The molecule has 0 amide bonds. The van der Waals surface area contributed by atoms with Gasteiger partial charge in [0.15, 0.2) is 0 Å². The van der Waals surface area contributed by atoms with Crippen molar-refractivity contribution in [2.75, 3.05) is 0 Å². The first-order valence-corrected chi connectivity index (χ1v) is 24.5. The van der Waals surface area contributed by atoms with E-state index in [1.807, 2.05) is 13.8 Å². The van der Waals surface area contributed by atoms with Crippen LogP contribution in [-0.2, 0) is 0 Å². The Balaban J connectivity index is 0.000000928. The molecular formula is C65H48N2O3. The molecule has 336 valence electrons. The number of furan rings is 3. The Bertz CT molecular complexity index is 4120. The number of benzene rings is 10. The summed E-state index contributed by atoms with van der Waals surface area (Å²) in [6.45, 7) is 8.25. The zero-order chi connectivity index (χ0) is 47.0. The zero-order valence-electron chi connectivity index (χ0n) is 39.5. The summed E-state index contributed by atoms with van der Waals surface area (Å²) in [5.41, 5.74) is 16.6. The van der Waals surface area contributed by atoms with Crippen molar-refractivity contribution in [3.8, 4) is 33.6 Å². The lowest BCUT2D eigenvalue weighted by molar-refractivity contribution is 0.668. The summed E-state index contributed by atoms with van der Waals surface area (Å²) in [4.78, 5) is 0. The molecule has 0 saturated carbocycles. The van der Waals surface area contributed by atoms with Gasteiger partial charge in [0.1, 0.15) is 33.5 Å². The number of hydrogen-bond acceptors (Lipinski definition) is 3. The minimum absolute atomic E-state index is 0.862. The van der Waals surface area contributed by atoms with Gasteiger partial charge in [0.2, 0.25) is 0 Å². The molecule has 5 aromatic heterocycles. The number of para-hydroxylation sites is 4. The molecule has 0 unspecified atom stereocenters. The van der Waals surface area contributed by atoms with Gasteiger partial charge >= 0.3 is 0 Å². The van der Waals surface area contributed by atoms with E-state index < -0.39 is 0 Å². The largest absolute Gasteiger partial charge is 0.456 e. The fourth-order valence-electron chi connectivity index (χ4n) is 10.7. The molecule has 0 radical (unpaired) electrons. The molecule has 0 aliphatic heterocycles. The maximum Gasteiger partial charge on any atom is 0.135 e. The van der Waals surface area contributed by atoms with E-state index in [2.05, 4.69) is 229 Å². The summed E-state index contributed by atoms with van der Waals surface area (Å²) >= 11 is 0. The molecule has 0 aliphatic rings. The molecule has 5 heteroatoms. The smallest absolute Gasteiger partial charge is 0.135 e. The van der Waals surface area contributed by atoms with E-state index in [1.165, 1.54) is 50.0 Å². The summed E-state index contributed by atoms with van der Waals surface area (Å²) < 4.78 is 24.0. The third kappa shape index (κ3) is 6.39. The van der Waals surface area contributed by atoms with Gasteiger partial charge < -0.3 is 22.4 Å². The third-order valence-corrected chi connectivity index (χ3v) is 13.7. The van der Waals surface area contributed by atoms with Gasteiger partial charge in [0, 0.05) is 65.2 Å². The summed E-state index contributed by atoms with van der Waals surface area (Å²) in [7, 11) is 0. The average molecular weight is 905 g/mol. The number of rotatable bonds is 4. The van der Waals surface area contributed by atoms with Crippen molar-refractivity contribution in [3.05, 3.63) is 206 Å². The van der Waals surface area contributed by atoms with Crippen LogP contribution in [0.15, 0.2) is 220 Å². The SMILES string of the molecule is CC.CCC.c1ccc2c(c1)c1ccccc1n2-c1ccc2oc3ccc(-c4ccc5oc6ccc(-c7ccc8oc9ccc(-n%10c%11ccccc%11c%11ccccc%11%10)cc9c8c7)cc6c5c4)cc3c2c1. The summed E-state index contributed by atoms with van der Waals surface area (Å²) in [5.74, 6) is 0. The molecule has 5 nitrogen and oxygen atoms in total. The van der Waals surface area contributed by atoms with E-state index in [9.17, 15) is 0 Å². The minimum Gasteiger partial charge on any atom is -0.456 e. The highest BCUT2D eigenvalue weighted by atomic mass is 16.3. The van der Waals surface area contributed by atoms with Gasteiger partial charge in [-0.05, 0) is 131 Å². The fourth-order valence-corrected chi connectivity index (χ4v) is 10.7. The minimum atomic E-state index is 0.862. The van der Waals surface area contributed by atoms with E-state index in [0.29, 0.717) is 0 Å². The van der Waals surface area contributed by atoms with E-state index in [-0.39, 0.29) is 0 Å². The van der Waals surface area contributed by atoms with Crippen LogP contribution < -0.4 is 0 Å². The van der Waals surface area contributed by atoms with E-state index in [1.54, 1.807) is 0 Å². The Morgan fingerprint density at radius 2 is 0.500 bits per heavy atom. The van der Waals surface area contributed by atoms with Crippen molar-refractivity contribution >= 4 is 109 Å². The van der Waals surface area contributed by atoms with E-state index >= 15 is 0 Å². The summed E-state index contributed by atoms with van der Waals surface area (Å²) in [6.07, 6.45) is 1.25. The van der Waals surface area contributed by atoms with Crippen LogP contribution in [0.25, 0.3) is 143 Å². The van der Waals surface area contributed by atoms with Gasteiger partial charge in [0.05, 0.1) is 22.1 Å². The quantitative estimate of drug-likeness (QED) is 0.177. The van der Waals surface area contributed by atoms with Gasteiger partial charge in [-0.15, -0.1) is 0 Å². The topological polar surface area (TPSA) is 49.3 Å². The molecule has 15 rings (SSSR count). The Labute approximate surface area is 404 Å². The highest BCUT2D eigenvalue weighted by Crippen LogP contribution is 2.41. The molecule has 70 heavy (non-hydrogen) atoms. The molecule has 0 N–H and O–H groups in total. The molecule has 0 fully saturated rings. The highest BCUT2D eigenvalue weighted by molar-refractivity contribution is 6.14. The lowest BCUT2D eigenvalue weighted by Crippen LogP contribution is -1.93. The molecule has 10 aromatic carbocycles. The van der Waals surface area contributed by atoms with E-state index in [4.69, 9.17) is 13.3 Å². The molecule has 5 heterocycles. The maximum atomic E-state index is 6.45. The third-order valence-electron chi connectivity index (χ3n) is 13.7. The second-order valence-electron chi connectivity index (χ2n) is 18.0. The molecule has 0 saturated heterocycles. The molecule has 0 atom stereocenters. The molecule has 0 aliphatic carbocycles. The van der Waals surface area contributed by atoms with Crippen molar-refractivity contribution in [1.29, 1.82) is 0 Å². The van der Waals surface area contributed by atoms with Crippen LogP contribution in [0.5, 0.6) is 0 Å². The summed E-state index contributed by atoms with van der Waals surface area (Å²) in [6, 6.07) is 73.7. The molecule has 15 aromatic rings. The van der Waals surface area contributed by atoms with Crippen LogP contribution in [0, 0.1) is 0 Å². The van der Waals surface area contributed by atoms with Crippen LogP contribution >= 0.6 is 0 Å². The van der Waals surface area contributed by atoms with Gasteiger partial charge in [-0.2, -0.15) is 0 Å². The monoisotopic (exact) mass is 904 g/mol. The first-order valence-electron chi connectivity index (χ1n) is 24.5. The number of hydrogen-bond donors (Lipinski definition) is 0. The van der Waals surface area contributed by atoms with Crippen molar-refractivity contribution < 1.29 is 13.3 Å². The van der Waals surface area contributed by atoms with Gasteiger partial charge in [-0.1, -0.05) is 131 Å². The number of fused-ring (bicyclic) bond motifs is 15. The Morgan fingerprint density at radius 3 is 0.771 bits per heavy atom. The Hall–Kier alpha value is -8.80. The molecular weight excluding hydrogens is 857 g/mol. The Kier molecular flexibility index (Phi) is 9.74. The van der Waals surface area contributed by atoms with Gasteiger partial charge in [0.25, 0.3) is 0 Å². The Morgan fingerprint density at radius 1 is 0.271 bits per heavy atom. The number of aromatic nitrogens is 2. The maximum absolute atomic E-state index is 6.45. The first-order chi connectivity index (χ1) is 34.6. The highest BCUT2D eigenvalue weighted by Gasteiger charge is 2.18.